The van der Waals surface area contributed by atoms with E-state index in [1.54, 1.807) is 12.1 Å². The minimum absolute atomic E-state index is 0.144. The summed E-state index contributed by atoms with van der Waals surface area (Å²) in [5.41, 5.74) is 0.336. The highest BCUT2D eigenvalue weighted by Crippen LogP contribution is 2.26. The summed E-state index contributed by atoms with van der Waals surface area (Å²) in [5, 5.41) is 2.58. The van der Waals surface area contributed by atoms with Crippen LogP contribution in [0.1, 0.15) is 18.9 Å². The van der Waals surface area contributed by atoms with Crippen LogP contribution in [0, 0.1) is 0 Å². The van der Waals surface area contributed by atoms with Crippen molar-refractivity contribution in [3.63, 3.8) is 0 Å². The van der Waals surface area contributed by atoms with Crippen molar-refractivity contribution in [3.05, 3.63) is 35.9 Å². The average molecular weight is 273 g/mol. The van der Waals surface area contributed by atoms with Gasteiger partial charge in [0.15, 0.2) is 0 Å². The molecule has 0 atom stereocenters. The van der Waals surface area contributed by atoms with Gasteiger partial charge in [0.05, 0.1) is 0 Å². The summed E-state index contributed by atoms with van der Waals surface area (Å²) in [6, 6.07) is 5.86. The number of para-hydroxylation sites is 1. The SMILES string of the molecule is CC(=O)NCCC=Cc1ccccc1OC(F)(F)F. The summed E-state index contributed by atoms with van der Waals surface area (Å²) in [4.78, 5) is 10.6. The van der Waals surface area contributed by atoms with Crippen LogP contribution in [0.25, 0.3) is 6.08 Å². The molecule has 0 heterocycles. The van der Waals surface area contributed by atoms with Crippen LogP contribution in [-0.4, -0.2) is 18.8 Å². The van der Waals surface area contributed by atoms with Crippen LogP contribution in [-0.2, 0) is 4.79 Å². The lowest BCUT2D eigenvalue weighted by Gasteiger charge is -2.10. The standard InChI is InChI=1S/C13H14F3NO2/c1-10(18)17-9-5-4-7-11-6-2-3-8-12(11)19-13(14,15)16/h2-4,6-8H,5,9H2,1H3,(H,17,18). The predicted molar refractivity (Wildman–Crippen MR) is 65.5 cm³/mol. The van der Waals surface area contributed by atoms with Crippen molar-refractivity contribution in [2.75, 3.05) is 6.54 Å². The van der Waals surface area contributed by atoms with Gasteiger partial charge in [0.25, 0.3) is 0 Å². The molecule has 0 aliphatic heterocycles. The molecule has 0 spiro atoms. The number of carbonyl (C=O) groups is 1. The highest BCUT2D eigenvalue weighted by molar-refractivity contribution is 5.72. The number of rotatable bonds is 5. The second-order valence-corrected chi connectivity index (χ2v) is 3.76. The number of alkyl halides is 3. The van der Waals surface area contributed by atoms with Crippen molar-refractivity contribution in [1.82, 2.24) is 5.32 Å². The molecule has 0 radical (unpaired) electrons. The molecule has 1 rings (SSSR count). The van der Waals surface area contributed by atoms with Crippen LogP contribution in [0.2, 0.25) is 0 Å². The summed E-state index contributed by atoms with van der Waals surface area (Å²) in [6.07, 6.45) is -0.975. The van der Waals surface area contributed by atoms with Crippen LogP contribution in [0.15, 0.2) is 30.3 Å². The normalized spacial score (nSPS) is 11.6. The smallest absolute Gasteiger partial charge is 0.405 e. The maximum Gasteiger partial charge on any atom is 0.573 e. The lowest BCUT2D eigenvalue weighted by atomic mass is 10.2. The number of halogens is 3. The summed E-state index contributed by atoms with van der Waals surface area (Å²) >= 11 is 0. The van der Waals surface area contributed by atoms with Crippen molar-refractivity contribution in [2.24, 2.45) is 0 Å². The minimum atomic E-state index is -4.71. The van der Waals surface area contributed by atoms with Gasteiger partial charge < -0.3 is 10.1 Å². The van der Waals surface area contributed by atoms with Gasteiger partial charge in [-0.1, -0.05) is 30.4 Å². The molecule has 0 saturated carbocycles. The van der Waals surface area contributed by atoms with Gasteiger partial charge in [0, 0.05) is 19.0 Å². The van der Waals surface area contributed by atoms with E-state index in [1.807, 2.05) is 0 Å². The number of hydrogen-bond acceptors (Lipinski definition) is 2. The Morgan fingerprint density at radius 1 is 1.37 bits per heavy atom. The minimum Gasteiger partial charge on any atom is -0.405 e. The fourth-order valence-corrected chi connectivity index (χ4v) is 1.38. The van der Waals surface area contributed by atoms with Crippen molar-refractivity contribution < 1.29 is 22.7 Å². The Labute approximate surface area is 109 Å². The van der Waals surface area contributed by atoms with Gasteiger partial charge in [-0.2, -0.15) is 0 Å². The van der Waals surface area contributed by atoms with Crippen molar-refractivity contribution >= 4 is 12.0 Å². The zero-order valence-corrected chi connectivity index (χ0v) is 10.3. The van der Waals surface area contributed by atoms with Gasteiger partial charge >= 0.3 is 6.36 Å². The fraction of sp³-hybridized carbons (Fsp3) is 0.308. The molecule has 1 aromatic rings. The first-order chi connectivity index (χ1) is 8.88. The van der Waals surface area contributed by atoms with E-state index in [9.17, 15) is 18.0 Å². The molecule has 1 N–H and O–H groups in total. The maximum absolute atomic E-state index is 12.2. The summed E-state index contributed by atoms with van der Waals surface area (Å²) in [6.45, 7) is 1.84. The molecular weight excluding hydrogens is 259 g/mol. The molecule has 1 amide bonds. The fourth-order valence-electron chi connectivity index (χ4n) is 1.38. The first-order valence-corrected chi connectivity index (χ1v) is 5.64. The quantitative estimate of drug-likeness (QED) is 0.837. The molecule has 0 aliphatic carbocycles. The lowest BCUT2D eigenvalue weighted by Crippen LogP contribution is -2.20. The average Bonchev–Trinajstić information content (AvgIpc) is 2.28. The van der Waals surface area contributed by atoms with Crippen molar-refractivity contribution in [1.29, 1.82) is 0 Å². The highest BCUT2D eigenvalue weighted by atomic mass is 19.4. The van der Waals surface area contributed by atoms with Gasteiger partial charge in [-0.15, -0.1) is 13.2 Å². The number of amides is 1. The molecule has 0 bridgehead atoms. The second kappa shape index (κ2) is 6.82. The topological polar surface area (TPSA) is 38.3 Å². The predicted octanol–water partition coefficient (Wildman–Crippen LogP) is 3.12. The molecule has 1 aromatic carbocycles. The Balaban J connectivity index is 2.62. The Hall–Kier alpha value is -1.98. The molecule has 104 valence electrons. The zero-order chi connectivity index (χ0) is 14.3. The Kier molecular flexibility index (Phi) is 5.41. The van der Waals surface area contributed by atoms with E-state index in [0.29, 0.717) is 18.5 Å². The molecule has 0 unspecified atom stereocenters. The maximum atomic E-state index is 12.2. The second-order valence-electron chi connectivity index (χ2n) is 3.76. The Bertz CT molecular complexity index is 455. The Morgan fingerprint density at radius 3 is 2.68 bits per heavy atom. The van der Waals surface area contributed by atoms with E-state index >= 15 is 0 Å². The summed E-state index contributed by atoms with van der Waals surface area (Å²) in [7, 11) is 0. The van der Waals surface area contributed by atoms with Gasteiger partial charge in [-0.3, -0.25) is 4.79 Å². The van der Waals surface area contributed by atoms with Gasteiger partial charge in [0.2, 0.25) is 5.91 Å². The molecular formula is C13H14F3NO2. The van der Waals surface area contributed by atoms with E-state index < -0.39 is 6.36 Å². The number of benzene rings is 1. The van der Waals surface area contributed by atoms with E-state index in [0.717, 1.165) is 0 Å². The van der Waals surface area contributed by atoms with Crippen LogP contribution in [0.3, 0.4) is 0 Å². The van der Waals surface area contributed by atoms with Crippen LogP contribution in [0.4, 0.5) is 13.2 Å². The van der Waals surface area contributed by atoms with Crippen LogP contribution in [0.5, 0.6) is 5.75 Å². The van der Waals surface area contributed by atoms with E-state index in [4.69, 9.17) is 0 Å². The first-order valence-electron chi connectivity index (χ1n) is 5.64. The third-order valence-corrected chi connectivity index (χ3v) is 2.13. The first kappa shape index (κ1) is 15.1. The summed E-state index contributed by atoms with van der Waals surface area (Å²) < 4.78 is 40.4. The third kappa shape index (κ3) is 6.49. The van der Waals surface area contributed by atoms with E-state index in [2.05, 4.69) is 10.1 Å². The lowest BCUT2D eigenvalue weighted by molar-refractivity contribution is -0.274. The summed E-state index contributed by atoms with van der Waals surface area (Å²) in [5.74, 6) is -0.389. The van der Waals surface area contributed by atoms with Crippen molar-refractivity contribution in [2.45, 2.75) is 19.7 Å². The van der Waals surface area contributed by atoms with E-state index in [-0.39, 0.29) is 11.7 Å². The number of nitrogens with one attached hydrogen (secondary N) is 1. The highest BCUT2D eigenvalue weighted by Gasteiger charge is 2.31. The van der Waals surface area contributed by atoms with Crippen molar-refractivity contribution in [3.8, 4) is 5.75 Å². The number of ether oxygens (including phenoxy) is 1. The molecule has 0 fully saturated rings. The molecule has 0 saturated heterocycles. The van der Waals surface area contributed by atoms with Gasteiger partial charge in [-0.05, 0) is 12.5 Å². The number of carbonyl (C=O) groups excluding carboxylic acids is 1. The van der Waals surface area contributed by atoms with Gasteiger partial charge in [0.1, 0.15) is 5.75 Å². The van der Waals surface area contributed by atoms with Crippen LogP contribution >= 0.6 is 0 Å². The Morgan fingerprint density at radius 2 is 2.05 bits per heavy atom. The van der Waals surface area contributed by atoms with Gasteiger partial charge in [-0.25, -0.2) is 0 Å². The van der Waals surface area contributed by atoms with E-state index in [1.165, 1.54) is 31.2 Å². The third-order valence-electron chi connectivity index (χ3n) is 2.13. The zero-order valence-electron chi connectivity index (χ0n) is 10.3. The number of hydrogen-bond donors (Lipinski definition) is 1. The molecule has 0 aliphatic rings. The largest absolute Gasteiger partial charge is 0.573 e. The molecule has 0 aromatic heterocycles. The van der Waals surface area contributed by atoms with Crippen LogP contribution < -0.4 is 10.1 Å². The molecule has 6 heteroatoms. The molecule has 19 heavy (non-hydrogen) atoms. The monoisotopic (exact) mass is 273 g/mol. The molecule has 3 nitrogen and oxygen atoms in total.